The second kappa shape index (κ2) is 19.9. The van der Waals surface area contributed by atoms with Crippen LogP contribution in [0.25, 0.3) is 12.2 Å². The first-order valence-electron chi connectivity index (χ1n) is 19.6. The zero-order valence-electron chi connectivity index (χ0n) is 32.8. The van der Waals surface area contributed by atoms with Gasteiger partial charge in [0.1, 0.15) is 17.0 Å². The molecule has 2 aromatic rings. The third-order valence-electron chi connectivity index (χ3n) is 9.56. The van der Waals surface area contributed by atoms with Gasteiger partial charge in [-0.1, -0.05) is 85.0 Å². The Hall–Kier alpha value is -3.95. The lowest BCUT2D eigenvalue weighted by molar-refractivity contribution is -0.120. The van der Waals surface area contributed by atoms with E-state index in [1.54, 1.807) is 0 Å². The van der Waals surface area contributed by atoms with Crippen molar-refractivity contribution in [1.82, 2.24) is 16.0 Å². The van der Waals surface area contributed by atoms with Gasteiger partial charge in [-0.15, -0.1) is 0 Å². The maximum atomic E-state index is 11.9. The first-order chi connectivity index (χ1) is 25.1. The van der Waals surface area contributed by atoms with Crippen molar-refractivity contribution in [1.29, 1.82) is 0 Å². The van der Waals surface area contributed by atoms with Crippen LogP contribution in [-0.2, 0) is 14.3 Å². The van der Waals surface area contributed by atoms with Crippen LogP contribution in [0.4, 0.5) is 9.59 Å². The van der Waals surface area contributed by atoms with Gasteiger partial charge in [-0.2, -0.15) is 0 Å². The summed E-state index contributed by atoms with van der Waals surface area (Å²) in [6, 6.07) is 22.8. The van der Waals surface area contributed by atoms with E-state index in [0.29, 0.717) is 42.8 Å². The van der Waals surface area contributed by atoms with Crippen molar-refractivity contribution in [2.24, 2.45) is 17.6 Å². The average Bonchev–Trinajstić information content (AvgIpc) is 4.02. The summed E-state index contributed by atoms with van der Waals surface area (Å²) in [6.07, 6.45) is 17.5. The smallest absolute Gasteiger partial charge is 0.407 e. The molecule has 9 nitrogen and oxygen atoms in total. The molecule has 0 radical (unpaired) electrons. The van der Waals surface area contributed by atoms with E-state index < -0.39 is 11.2 Å². The largest absolute Gasteiger partial charge is 0.444 e. The molecule has 4 aliphatic rings. The zero-order valence-corrected chi connectivity index (χ0v) is 32.8. The third-order valence-corrected chi connectivity index (χ3v) is 9.56. The molecule has 6 rings (SSSR count). The number of ether oxygens (including phenoxy) is 2. The molecule has 4 fully saturated rings. The van der Waals surface area contributed by atoms with Crippen molar-refractivity contribution >= 4 is 30.1 Å². The van der Waals surface area contributed by atoms with Gasteiger partial charge in [0.2, 0.25) is 0 Å². The Balaban J connectivity index is 0.000000196. The molecule has 4 atom stereocenters. The van der Waals surface area contributed by atoms with Crippen molar-refractivity contribution in [2.45, 2.75) is 147 Å². The summed E-state index contributed by atoms with van der Waals surface area (Å²) in [7, 11) is 0. The molecule has 2 amide bonds. The Bertz CT molecular complexity index is 1480. The predicted octanol–water partition coefficient (Wildman–Crippen LogP) is 8.58. The first-order valence-corrected chi connectivity index (χ1v) is 19.6. The van der Waals surface area contributed by atoms with Crippen LogP contribution in [0.15, 0.2) is 72.8 Å². The molecule has 2 aromatic carbocycles. The SMILES string of the molecule is CC(C)(C)OC(=O)NC1CCC(=O)CC1.CC(C)(C)OC(=O)NC1CCC(NC2CC2/C=C/c2ccccc2)CC1.NC1CC1/C=C/c1ccccc1. The van der Waals surface area contributed by atoms with E-state index >= 15 is 0 Å². The Labute approximate surface area is 317 Å². The van der Waals surface area contributed by atoms with Crippen molar-refractivity contribution < 1.29 is 23.9 Å². The third kappa shape index (κ3) is 17.6. The van der Waals surface area contributed by atoms with Gasteiger partial charge in [-0.3, -0.25) is 4.79 Å². The summed E-state index contributed by atoms with van der Waals surface area (Å²) in [5.41, 5.74) is 7.31. The van der Waals surface area contributed by atoms with Crippen LogP contribution in [0.5, 0.6) is 0 Å². The van der Waals surface area contributed by atoms with E-state index in [0.717, 1.165) is 44.9 Å². The lowest BCUT2D eigenvalue weighted by Gasteiger charge is -2.30. The molecule has 53 heavy (non-hydrogen) atoms. The fourth-order valence-electron chi connectivity index (χ4n) is 6.41. The molecular formula is C44H64N4O5. The van der Waals surface area contributed by atoms with Crippen LogP contribution in [0.3, 0.4) is 0 Å². The van der Waals surface area contributed by atoms with Gasteiger partial charge < -0.3 is 31.2 Å². The fourth-order valence-corrected chi connectivity index (χ4v) is 6.41. The topological polar surface area (TPSA) is 132 Å². The number of hydrogen-bond donors (Lipinski definition) is 4. The van der Waals surface area contributed by atoms with Gasteiger partial charge in [0.15, 0.2) is 0 Å². The number of alkyl carbamates (subject to hydrolysis) is 2. The summed E-state index contributed by atoms with van der Waals surface area (Å²) in [6.45, 7) is 11.2. The van der Waals surface area contributed by atoms with E-state index in [1.807, 2.05) is 65.8 Å². The van der Waals surface area contributed by atoms with Gasteiger partial charge in [0.25, 0.3) is 0 Å². The lowest BCUT2D eigenvalue weighted by atomic mass is 9.91. The molecule has 0 bridgehead atoms. The normalized spacial score (nSPS) is 25.7. The van der Waals surface area contributed by atoms with Crippen LogP contribution in [-0.4, -0.2) is 59.4 Å². The molecule has 5 N–H and O–H groups in total. The molecule has 9 heteroatoms. The first kappa shape index (κ1) is 41.8. The molecular weight excluding hydrogens is 665 g/mol. The Kier molecular flexibility index (Phi) is 15.7. The molecule has 0 aromatic heterocycles. The number of carbonyl (C=O) groups excluding carboxylic acids is 3. The Morgan fingerprint density at radius 2 is 1.06 bits per heavy atom. The van der Waals surface area contributed by atoms with E-state index in [2.05, 4.69) is 76.7 Å². The minimum absolute atomic E-state index is 0.0950. The molecule has 0 saturated heterocycles. The van der Waals surface area contributed by atoms with Gasteiger partial charge in [-0.25, -0.2) is 9.59 Å². The fraction of sp³-hybridized carbons (Fsp3) is 0.568. The molecule has 4 saturated carbocycles. The number of nitrogens with two attached hydrogens (primary N) is 1. The van der Waals surface area contributed by atoms with Gasteiger partial charge in [-0.05, 0) is 116 Å². The highest BCUT2D eigenvalue weighted by atomic mass is 16.6. The van der Waals surface area contributed by atoms with Crippen LogP contribution in [0.2, 0.25) is 0 Å². The number of carbonyl (C=O) groups is 3. The van der Waals surface area contributed by atoms with Crippen molar-refractivity contribution in [3.05, 3.63) is 83.9 Å². The summed E-state index contributed by atoms with van der Waals surface area (Å²) in [5.74, 6) is 1.58. The number of Topliss-reactive ketones (excluding diaryl/α,β-unsaturated/α-hetero) is 1. The van der Waals surface area contributed by atoms with Crippen LogP contribution >= 0.6 is 0 Å². The summed E-state index contributed by atoms with van der Waals surface area (Å²) in [5, 5.41) is 9.59. The Morgan fingerprint density at radius 1 is 0.642 bits per heavy atom. The van der Waals surface area contributed by atoms with Gasteiger partial charge >= 0.3 is 12.2 Å². The van der Waals surface area contributed by atoms with Crippen LogP contribution < -0.4 is 21.7 Å². The van der Waals surface area contributed by atoms with Crippen LogP contribution in [0, 0.1) is 11.8 Å². The van der Waals surface area contributed by atoms with E-state index in [4.69, 9.17) is 15.2 Å². The molecule has 4 aliphatic carbocycles. The maximum absolute atomic E-state index is 11.9. The number of rotatable bonds is 8. The number of hydrogen-bond acceptors (Lipinski definition) is 7. The zero-order chi connectivity index (χ0) is 38.4. The van der Waals surface area contributed by atoms with Crippen molar-refractivity contribution in [3.8, 4) is 0 Å². The minimum Gasteiger partial charge on any atom is -0.444 e. The average molecular weight is 729 g/mol. The van der Waals surface area contributed by atoms with Crippen molar-refractivity contribution in [3.63, 3.8) is 0 Å². The Morgan fingerprint density at radius 3 is 1.49 bits per heavy atom. The number of nitrogens with one attached hydrogen (secondary N) is 3. The highest BCUT2D eigenvalue weighted by Gasteiger charge is 2.37. The number of amides is 2. The summed E-state index contributed by atoms with van der Waals surface area (Å²) in [4.78, 5) is 34.2. The molecule has 290 valence electrons. The van der Waals surface area contributed by atoms with E-state index in [-0.39, 0.29) is 30.1 Å². The second-order valence-electron chi connectivity index (χ2n) is 16.9. The van der Waals surface area contributed by atoms with Crippen molar-refractivity contribution in [2.75, 3.05) is 0 Å². The highest BCUT2D eigenvalue weighted by Crippen LogP contribution is 2.34. The molecule has 0 aliphatic heterocycles. The van der Waals surface area contributed by atoms with Gasteiger partial charge in [0.05, 0.1) is 0 Å². The molecule has 4 unspecified atom stereocenters. The second-order valence-corrected chi connectivity index (χ2v) is 16.9. The standard InChI is InChI=1S/C22H32N2O2.C11H19NO3.C11H13N/c1-22(2,3)26-21(25)24-19-13-11-18(12-14-19)23-20-15-17(20)10-9-16-7-5-4-6-8-16;1-11(2,3)15-10(14)12-8-4-6-9(13)7-5-8;12-11-8-10(11)7-6-9-4-2-1-3-5-9/h4-10,17-20,23H,11-15H2,1-3H3,(H,24,25);8H,4-7H2,1-3H3,(H,12,14);1-7,10-11H,8,12H2/b10-9+;;7-6+. The molecule has 0 heterocycles. The van der Waals surface area contributed by atoms with E-state index in [1.165, 1.54) is 17.5 Å². The minimum atomic E-state index is -0.464. The maximum Gasteiger partial charge on any atom is 0.407 e. The quantitative estimate of drug-likeness (QED) is 0.214. The summed E-state index contributed by atoms with van der Waals surface area (Å²) < 4.78 is 10.5. The monoisotopic (exact) mass is 728 g/mol. The lowest BCUT2D eigenvalue weighted by Crippen LogP contribution is -2.44. The predicted molar refractivity (Wildman–Crippen MR) is 214 cm³/mol. The summed E-state index contributed by atoms with van der Waals surface area (Å²) >= 11 is 0. The number of ketones is 1. The van der Waals surface area contributed by atoms with Crippen LogP contribution in [0.1, 0.15) is 117 Å². The van der Waals surface area contributed by atoms with Gasteiger partial charge in [0, 0.05) is 43.1 Å². The number of benzene rings is 2. The molecule has 0 spiro atoms. The van der Waals surface area contributed by atoms with E-state index in [9.17, 15) is 14.4 Å². The highest BCUT2D eigenvalue weighted by molar-refractivity contribution is 5.79.